The molecule has 2 amide bonds. The molecule has 0 unspecified atom stereocenters. The van der Waals surface area contributed by atoms with Gasteiger partial charge in [0, 0.05) is 38.4 Å². The highest BCUT2D eigenvalue weighted by atomic mass is 16.3. The van der Waals surface area contributed by atoms with E-state index in [-0.39, 0.29) is 23.8 Å². The van der Waals surface area contributed by atoms with Crippen molar-refractivity contribution in [3.8, 4) is 0 Å². The van der Waals surface area contributed by atoms with Gasteiger partial charge in [0.1, 0.15) is 0 Å². The first kappa shape index (κ1) is 19.9. The summed E-state index contributed by atoms with van der Waals surface area (Å²) in [5, 5.41) is 11.7. The van der Waals surface area contributed by atoms with Crippen molar-refractivity contribution >= 4 is 23.6 Å². The Kier molecular flexibility index (Phi) is 7.65. The third kappa shape index (κ3) is 7.92. The van der Waals surface area contributed by atoms with E-state index in [0.29, 0.717) is 19.5 Å². The third-order valence-electron chi connectivity index (χ3n) is 3.21. The van der Waals surface area contributed by atoms with E-state index in [0.717, 1.165) is 11.3 Å². The van der Waals surface area contributed by atoms with Crippen LogP contribution in [-0.2, 0) is 9.59 Å². The molecule has 2 N–H and O–H groups in total. The molecule has 0 spiro atoms. The monoisotopic (exact) mass is 332 g/mol. The van der Waals surface area contributed by atoms with Crippen molar-refractivity contribution in [2.45, 2.75) is 34.1 Å². The lowest BCUT2D eigenvalue weighted by Gasteiger charge is -2.29. The lowest BCUT2D eigenvalue weighted by atomic mass is 9.96. The van der Waals surface area contributed by atoms with Crippen LogP contribution in [0.1, 0.15) is 39.7 Å². The van der Waals surface area contributed by atoms with E-state index in [1.54, 1.807) is 29.2 Å². The molecule has 0 radical (unpaired) electrons. The van der Waals surface area contributed by atoms with E-state index < -0.39 is 0 Å². The zero-order valence-corrected chi connectivity index (χ0v) is 15.0. The van der Waals surface area contributed by atoms with Crippen LogP contribution >= 0.6 is 0 Å². The van der Waals surface area contributed by atoms with Gasteiger partial charge in [-0.3, -0.25) is 9.59 Å². The molecule has 1 aromatic carbocycles. The highest BCUT2D eigenvalue weighted by Crippen LogP contribution is 2.16. The minimum atomic E-state index is -0.116. The third-order valence-corrected chi connectivity index (χ3v) is 3.21. The molecule has 0 saturated heterocycles. The number of aliphatic hydroxyl groups excluding tert-OH is 1. The predicted molar refractivity (Wildman–Crippen MR) is 97.5 cm³/mol. The molecule has 0 fully saturated rings. The molecule has 0 bridgehead atoms. The van der Waals surface area contributed by atoms with Gasteiger partial charge < -0.3 is 15.3 Å². The Labute approximate surface area is 144 Å². The maximum atomic E-state index is 12.4. The van der Waals surface area contributed by atoms with Gasteiger partial charge in [0.05, 0.1) is 0 Å². The Hall–Kier alpha value is -2.14. The quantitative estimate of drug-likeness (QED) is 0.754. The molecule has 5 heteroatoms. The maximum absolute atomic E-state index is 12.4. The number of hydrogen-bond acceptors (Lipinski definition) is 3. The van der Waals surface area contributed by atoms with Crippen molar-refractivity contribution in [3.05, 3.63) is 35.9 Å². The molecular weight excluding hydrogens is 304 g/mol. The van der Waals surface area contributed by atoms with Crippen LogP contribution in [0.3, 0.4) is 0 Å². The molecule has 0 saturated carbocycles. The Bertz CT molecular complexity index is 571. The van der Waals surface area contributed by atoms with Crippen LogP contribution in [0.5, 0.6) is 0 Å². The number of rotatable bonds is 7. The Morgan fingerprint density at radius 1 is 1.21 bits per heavy atom. The van der Waals surface area contributed by atoms with E-state index in [2.05, 4.69) is 26.1 Å². The number of benzene rings is 1. The van der Waals surface area contributed by atoms with Gasteiger partial charge in [-0.1, -0.05) is 32.9 Å². The van der Waals surface area contributed by atoms with Crippen molar-refractivity contribution in [2.24, 2.45) is 5.41 Å². The highest BCUT2D eigenvalue weighted by Gasteiger charge is 2.19. The largest absolute Gasteiger partial charge is 0.396 e. The number of nitrogens with zero attached hydrogens (tertiary/aromatic N) is 1. The second-order valence-corrected chi connectivity index (χ2v) is 7.03. The molecule has 0 atom stereocenters. The highest BCUT2D eigenvalue weighted by molar-refractivity contribution is 5.92. The summed E-state index contributed by atoms with van der Waals surface area (Å²) >= 11 is 0. The van der Waals surface area contributed by atoms with Gasteiger partial charge >= 0.3 is 0 Å². The summed E-state index contributed by atoms with van der Waals surface area (Å²) in [5.74, 6) is -0.181. The fourth-order valence-corrected chi connectivity index (χ4v) is 2.26. The topological polar surface area (TPSA) is 69.6 Å². The zero-order chi connectivity index (χ0) is 18.2. The Morgan fingerprint density at radius 3 is 2.33 bits per heavy atom. The van der Waals surface area contributed by atoms with E-state index in [9.17, 15) is 9.59 Å². The second-order valence-electron chi connectivity index (χ2n) is 7.03. The van der Waals surface area contributed by atoms with Crippen LogP contribution in [0.15, 0.2) is 30.3 Å². The fourth-order valence-electron chi connectivity index (χ4n) is 2.26. The summed E-state index contributed by atoms with van der Waals surface area (Å²) in [4.78, 5) is 25.2. The van der Waals surface area contributed by atoms with Crippen LogP contribution in [0.2, 0.25) is 0 Å². The van der Waals surface area contributed by atoms with Crippen molar-refractivity contribution < 1.29 is 14.7 Å². The van der Waals surface area contributed by atoms with Crippen LogP contribution in [0.4, 0.5) is 5.69 Å². The molecule has 1 aromatic rings. The van der Waals surface area contributed by atoms with Gasteiger partial charge in [-0.2, -0.15) is 0 Å². The molecule has 0 heterocycles. The summed E-state index contributed by atoms with van der Waals surface area (Å²) in [5.41, 5.74) is 1.61. The Morgan fingerprint density at radius 2 is 1.83 bits per heavy atom. The molecule has 0 aliphatic carbocycles. The number of nitrogens with one attached hydrogen (secondary N) is 1. The summed E-state index contributed by atoms with van der Waals surface area (Å²) in [7, 11) is 0. The van der Waals surface area contributed by atoms with Crippen LogP contribution in [-0.4, -0.2) is 41.5 Å². The minimum absolute atomic E-state index is 0.00103. The minimum Gasteiger partial charge on any atom is -0.396 e. The van der Waals surface area contributed by atoms with Crippen molar-refractivity contribution in [3.63, 3.8) is 0 Å². The molecule has 24 heavy (non-hydrogen) atoms. The molecule has 0 aliphatic rings. The second kappa shape index (κ2) is 9.23. The molecule has 5 nitrogen and oxygen atoms in total. The number of anilines is 1. The lowest BCUT2D eigenvalue weighted by molar-refractivity contribution is -0.127. The normalized spacial score (nSPS) is 11.5. The van der Waals surface area contributed by atoms with Gasteiger partial charge in [-0.05, 0) is 35.6 Å². The SMILES string of the molecule is CC(=O)Nc1ccc(/C=C/C(=O)N(CCCO)CC(C)(C)C)cc1. The van der Waals surface area contributed by atoms with Gasteiger partial charge in [0.25, 0.3) is 0 Å². The van der Waals surface area contributed by atoms with E-state index in [1.807, 2.05) is 12.1 Å². The summed E-state index contributed by atoms with van der Waals surface area (Å²) in [6.07, 6.45) is 3.88. The van der Waals surface area contributed by atoms with Crippen LogP contribution in [0, 0.1) is 5.41 Å². The average Bonchev–Trinajstić information content (AvgIpc) is 2.48. The summed E-state index contributed by atoms with van der Waals surface area (Å²) < 4.78 is 0. The van der Waals surface area contributed by atoms with Crippen LogP contribution in [0.25, 0.3) is 6.08 Å². The first-order valence-electron chi connectivity index (χ1n) is 8.17. The first-order chi connectivity index (χ1) is 11.2. The summed E-state index contributed by atoms with van der Waals surface area (Å²) in [6, 6.07) is 7.28. The molecule has 0 aromatic heterocycles. The van der Waals surface area contributed by atoms with Crippen LogP contribution < -0.4 is 5.32 Å². The number of carbonyl (C=O) groups is 2. The number of carbonyl (C=O) groups excluding carboxylic acids is 2. The molecule has 1 rings (SSSR count). The van der Waals surface area contributed by atoms with Gasteiger partial charge in [-0.25, -0.2) is 0 Å². The standard InChI is InChI=1S/C19H28N2O3/c1-15(23)20-17-9-6-16(7-10-17)8-11-18(24)21(12-5-13-22)14-19(2,3)4/h6-11,22H,5,12-14H2,1-4H3,(H,20,23)/b11-8+. The molecule has 132 valence electrons. The first-order valence-corrected chi connectivity index (χ1v) is 8.17. The van der Waals surface area contributed by atoms with E-state index in [4.69, 9.17) is 5.11 Å². The molecule has 0 aliphatic heterocycles. The lowest BCUT2D eigenvalue weighted by Crippen LogP contribution is -2.37. The van der Waals surface area contributed by atoms with Crippen molar-refractivity contribution in [1.29, 1.82) is 0 Å². The fraction of sp³-hybridized carbons (Fsp3) is 0.474. The van der Waals surface area contributed by atoms with Gasteiger partial charge in [0.2, 0.25) is 11.8 Å². The smallest absolute Gasteiger partial charge is 0.246 e. The number of hydrogen-bond donors (Lipinski definition) is 2. The predicted octanol–water partition coefficient (Wildman–Crippen LogP) is 2.92. The average molecular weight is 332 g/mol. The van der Waals surface area contributed by atoms with E-state index >= 15 is 0 Å². The van der Waals surface area contributed by atoms with Crippen molar-refractivity contribution in [2.75, 3.05) is 25.0 Å². The van der Waals surface area contributed by atoms with E-state index in [1.165, 1.54) is 6.92 Å². The number of aliphatic hydroxyl groups is 1. The van der Waals surface area contributed by atoms with Gasteiger partial charge in [-0.15, -0.1) is 0 Å². The molecular formula is C19H28N2O3. The Balaban J connectivity index is 2.74. The van der Waals surface area contributed by atoms with Crippen molar-refractivity contribution in [1.82, 2.24) is 4.90 Å². The summed E-state index contributed by atoms with van der Waals surface area (Å²) in [6.45, 7) is 8.95. The van der Waals surface area contributed by atoms with Gasteiger partial charge in [0.15, 0.2) is 0 Å². The number of amides is 2. The zero-order valence-electron chi connectivity index (χ0n) is 15.0. The maximum Gasteiger partial charge on any atom is 0.246 e.